The van der Waals surface area contributed by atoms with Crippen molar-refractivity contribution in [3.8, 4) is 0 Å². The van der Waals surface area contributed by atoms with Crippen molar-refractivity contribution in [2.45, 2.75) is 17.1 Å². The maximum absolute atomic E-state index is 13.2. The number of fused-ring (bicyclic) bond motifs is 1. The summed E-state index contributed by atoms with van der Waals surface area (Å²) >= 11 is 12.2. The van der Waals surface area contributed by atoms with Crippen LogP contribution in [-0.4, -0.2) is 67.8 Å². The molecule has 0 saturated carbocycles. The van der Waals surface area contributed by atoms with E-state index in [0.717, 1.165) is 44.2 Å². The van der Waals surface area contributed by atoms with Gasteiger partial charge in [-0.15, -0.1) is 11.3 Å². The SMILES string of the molecule is O=C(C1CCCN(S(=O)(=O)c2ccc(Cl)s2)C1)N1CCN(c2nc3ccc(Br)cc3s2)CC1. The molecule has 0 radical (unpaired) electrons. The van der Waals surface area contributed by atoms with Crippen molar-refractivity contribution >= 4 is 81.5 Å². The zero-order valence-electron chi connectivity index (χ0n) is 17.6. The zero-order valence-corrected chi connectivity index (χ0v) is 22.4. The number of piperazine rings is 1. The van der Waals surface area contributed by atoms with Crippen molar-refractivity contribution in [1.29, 1.82) is 0 Å². The molecule has 0 N–H and O–H groups in total. The summed E-state index contributed by atoms with van der Waals surface area (Å²) in [6.07, 6.45) is 1.39. The summed E-state index contributed by atoms with van der Waals surface area (Å²) < 4.78 is 30.2. The van der Waals surface area contributed by atoms with Crippen LogP contribution in [0, 0.1) is 5.92 Å². The minimum atomic E-state index is -3.62. The van der Waals surface area contributed by atoms with Crippen LogP contribution >= 0.6 is 50.2 Å². The lowest BCUT2D eigenvalue weighted by molar-refractivity contribution is -0.137. The molecule has 0 bridgehead atoms. The summed E-state index contributed by atoms with van der Waals surface area (Å²) in [6.45, 7) is 3.32. The standard InChI is InChI=1S/C21H22BrClN4O3S3/c22-15-3-4-16-17(12-15)31-21(24-16)26-10-8-25(9-11-26)20(28)14-2-1-7-27(13-14)33(29,30)19-6-5-18(23)32-19/h3-6,12,14H,1-2,7-11,13H2. The second-order valence-electron chi connectivity index (χ2n) is 8.18. The van der Waals surface area contributed by atoms with Crippen LogP contribution < -0.4 is 4.90 Å². The normalized spacial score (nSPS) is 20.5. The van der Waals surface area contributed by atoms with E-state index in [0.29, 0.717) is 36.8 Å². The van der Waals surface area contributed by atoms with E-state index < -0.39 is 10.0 Å². The molecule has 1 atom stereocenters. The van der Waals surface area contributed by atoms with Gasteiger partial charge in [-0.05, 0) is 43.2 Å². The second-order valence-corrected chi connectivity index (χ2v) is 14.0. The largest absolute Gasteiger partial charge is 0.345 e. The quantitative estimate of drug-likeness (QED) is 0.447. The predicted molar refractivity (Wildman–Crippen MR) is 137 cm³/mol. The van der Waals surface area contributed by atoms with Gasteiger partial charge in [0.05, 0.1) is 20.5 Å². The van der Waals surface area contributed by atoms with Gasteiger partial charge in [-0.1, -0.05) is 38.9 Å². The third-order valence-electron chi connectivity index (χ3n) is 6.08. The number of halogens is 2. The maximum atomic E-state index is 13.2. The molecule has 12 heteroatoms. The Labute approximate surface area is 214 Å². The first kappa shape index (κ1) is 23.5. The van der Waals surface area contributed by atoms with Crippen LogP contribution in [0.15, 0.2) is 39.0 Å². The number of sulfonamides is 1. The number of rotatable bonds is 4. The summed E-state index contributed by atoms with van der Waals surface area (Å²) in [5, 5.41) is 0.972. The highest BCUT2D eigenvalue weighted by molar-refractivity contribution is 9.10. The summed E-state index contributed by atoms with van der Waals surface area (Å²) in [5.74, 6) is -0.262. The molecule has 2 aromatic heterocycles. The topological polar surface area (TPSA) is 73.8 Å². The van der Waals surface area contributed by atoms with Gasteiger partial charge in [0.2, 0.25) is 5.91 Å². The van der Waals surface area contributed by atoms with Gasteiger partial charge in [-0.25, -0.2) is 13.4 Å². The summed E-state index contributed by atoms with van der Waals surface area (Å²) in [6, 6.07) is 9.20. The Morgan fingerprint density at radius 1 is 1.09 bits per heavy atom. The predicted octanol–water partition coefficient (Wildman–Crippen LogP) is 4.52. The van der Waals surface area contributed by atoms with E-state index in [-0.39, 0.29) is 22.6 Å². The fourth-order valence-electron chi connectivity index (χ4n) is 4.32. The molecular weight excluding hydrogens is 568 g/mol. The maximum Gasteiger partial charge on any atom is 0.252 e. The lowest BCUT2D eigenvalue weighted by Crippen LogP contribution is -2.53. The van der Waals surface area contributed by atoms with Crippen LogP contribution in [0.4, 0.5) is 5.13 Å². The molecule has 0 aliphatic carbocycles. The number of piperidine rings is 1. The molecule has 5 rings (SSSR count). The van der Waals surface area contributed by atoms with Gasteiger partial charge >= 0.3 is 0 Å². The first-order valence-corrected chi connectivity index (χ1v) is 14.9. The zero-order chi connectivity index (χ0) is 23.2. The number of hydrogen-bond donors (Lipinski definition) is 0. The number of benzene rings is 1. The fraction of sp³-hybridized carbons (Fsp3) is 0.429. The van der Waals surface area contributed by atoms with E-state index in [2.05, 4.69) is 26.9 Å². The van der Waals surface area contributed by atoms with E-state index in [1.165, 1.54) is 10.4 Å². The van der Waals surface area contributed by atoms with E-state index in [4.69, 9.17) is 16.6 Å². The highest BCUT2D eigenvalue weighted by atomic mass is 79.9. The number of thiazole rings is 1. The highest BCUT2D eigenvalue weighted by Crippen LogP contribution is 2.33. The van der Waals surface area contributed by atoms with Crippen molar-refractivity contribution in [2.24, 2.45) is 5.92 Å². The molecule has 2 aliphatic heterocycles. The number of aromatic nitrogens is 1. The van der Waals surface area contributed by atoms with Crippen LogP contribution in [0.25, 0.3) is 10.2 Å². The molecule has 4 heterocycles. The fourth-order valence-corrected chi connectivity index (χ4v) is 9.05. The van der Waals surface area contributed by atoms with Gasteiger partial charge in [-0.2, -0.15) is 4.31 Å². The number of carbonyl (C=O) groups excluding carboxylic acids is 1. The van der Waals surface area contributed by atoms with Crippen LogP contribution in [0.3, 0.4) is 0 Å². The molecule has 2 fully saturated rings. The minimum Gasteiger partial charge on any atom is -0.345 e. The first-order valence-electron chi connectivity index (χ1n) is 10.7. The van der Waals surface area contributed by atoms with Crippen LogP contribution in [0.2, 0.25) is 4.34 Å². The van der Waals surface area contributed by atoms with E-state index in [1.54, 1.807) is 17.4 Å². The van der Waals surface area contributed by atoms with Gasteiger partial charge in [0.15, 0.2) is 5.13 Å². The van der Waals surface area contributed by atoms with Crippen molar-refractivity contribution < 1.29 is 13.2 Å². The van der Waals surface area contributed by atoms with E-state index >= 15 is 0 Å². The number of amides is 1. The molecule has 2 saturated heterocycles. The smallest absolute Gasteiger partial charge is 0.252 e. The average Bonchev–Trinajstić information content (AvgIpc) is 3.45. The number of thiophene rings is 1. The Balaban J connectivity index is 1.22. The van der Waals surface area contributed by atoms with Gasteiger partial charge in [-0.3, -0.25) is 4.79 Å². The van der Waals surface area contributed by atoms with Crippen LogP contribution in [-0.2, 0) is 14.8 Å². The summed E-state index contributed by atoms with van der Waals surface area (Å²) in [7, 11) is -3.62. The molecule has 0 spiro atoms. The Hall–Kier alpha value is -1.24. The van der Waals surface area contributed by atoms with Crippen molar-refractivity contribution in [3.63, 3.8) is 0 Å². The molecular formula is C21H22BrClN4O3S3. The molecule has 1 amide bonds. The van der Waals surface area contributed by atoms with Crippen LogP contribution in [0.1, 0.15) is 12.8 Å². The molecule has 7 nitrogen and oxygen atoms in total. The van der Waals surface area contributed by atoms with E-state index in [9.17, 15) is 13.2 Å². The van der Waals surface area contributed by atoms with Gasteiger partial charge in [0.25, 0.3) is 10.0 Å². The Bertz CT molecular complexity index is 1290. The van der Waals surface area contributed by atoms with Gasteiger partial charge < -0.3 is 9.80 Å². The third-order valence-corrected chi connectivity index (χ3v) is 11.2. The minimum absolute atomic E-state index is 0.0481. The number of anilines is 1. The number of hydrogen-bond acceptors (Lipinski definition) is 7. The lowest BCUT2D eigenvalue weighted by Gasteiger charge is -2.38. The lowest BCUT2D eigenvalue weighted by atomic mass is 9.98. The monoisotopic (exact) mass is 588 g/mol. The van der Waals surface area contributed by atoms with E-state index in [1.807, 2.05) is 17.0 Å². The summed E-state index contributed by atoms with van der Waals surface area (Å²) in [4.78, 5) is 22.1. The first-order chi connectivity index (χ1) is 15.8. The molecule has 176 valence electrons. The van der Waals surface area contributed by atoms with Crippen molar-refractivity contribution in [3.05, 3.63) is 39.1 Å². The molecule has 1 unspecified atom stereocenters. The molecule has 3 aromatic rings. The Kier molecular flexibility index (Phi) is 6.71. The van der Waals surface area contributed by atoms with Gasteiger partial charge in [0.1, 0.15) is 4.21 Å². The highest BCUT2D eigenvalue weighted by Gasteiger charge is 2.36. The third kappa shape index (κ3) is 4.81. The Morgan fingerprint density at radius 2 is 1.88 bits per heavy atom. The van der Waals surface area contributed by atoms with Crippen LogP contribution in [0.5, 0.6) is 0 Å². The van der Waals surface area contributed by atoms with Crippen molar-refractivity contribution in [2.75, 3.05) is 44.2 Å². The van der Waals surface area contributed by atoms with Crippen molar-refractivity contribution in [1.82, 2.24) is 14.2 Å². The molecule has 33 heavy (non-hydrogen) atoms. The van der Waals surface area contributed by atoms with Gasteiger partial charge in [0, 0.05) is 43.7 Å². The summed E-state index contributed by atoms with van der Waals surface area (Å²) in [5.41, 5.74) is 0.979. The average molecular weight is 590 g/mol. The molecule has 1 aromatic carbocycles. The second kappa shape index (κ2) is 9.43. The number of carbonyl (C=O) groups is 1. The molecule has 2 aliphatic rings. The number of nitrogens with zero attached hydrogens (tertiary/aromatic N) is 4. The Morgan fingerprint density at radius 3 is 2.61 bits per heavy atom.